The van der Waals surface area contributed by atoms with E-state index < -0.39 is 0 Å². The summed E-state index contributed by atoms with van der Waals surface area (Å²) < 4.78 is 0. The van der Waals surface area contributed by atoms with Crippen LogP contribution in [0.5, 0.6) is 0 Å². The molecule has 0 heterocycles. The Morgan fingerprint density at radius 1 is 1.62 bits per heavy atom. The van der Waals surface area contributed by atoms with Crippen LogP contribution in [-0.4, -0.2) is 19.6 Å². The molecule has 0 aliphatic heterocycles. The Balaban J connectivity index is 4.41. The summed E-state index contributed by atoms with van der Waals surface area (Å²) in [6.45, 7) is 4.11. The topological polar surface area (TPSA) is 48.2 Å². The number of hydrogen-bond acceptors (Lipinski definition) is 2. The Hall–Kier alpha value is -1.56. The predicted octanol–water partition coefficient (Wildman–Crippen LogP) is 2.60. The fourth-order valence-corrected chi connectivity index (χ4v) is 1.41. The van der Waals surface area contributed by atoms with Crippen LogP contribution < -0.4 is 5.32 Å². The molecule has 0 saturated carbocycles. The quantitative estimate of drug-likeness (QED) is 0.386. The number of aliphatic imine (C=N–C) groups is 1. The first kappa shape index (κ1) is 14.4. The molecule has 3 heteroatoms. The second kappa shape index (κ2) is 8.72. The van der Waals surface area contributed by atoms with Crippen LogP contribution >= 0.6 is 0 Å². The standard InChI is InChI=1S/C13H21N3/c1-5-11(2)9-13(12(3)15-4)7-6-8-16-10-14/h1,8,10-11,14-15H,6-7,9H2,2-4H3/b13-12-,14-10?,16-8?/t11-/m0/s1. The van der Waals surface area contributed by atoms with Gasteiger partial charge >= 0.3 is 0 Å². The monoisotopic (exact) mass is 219 g/mol. The van der Waals surface area contributed by atoms with E-state index in [0.29, 0.717) is 0 Å². The van der Waals surface area contributed by atoms with E-state index in [1.807, 2.05) is 7.05 Å². The maximum atomic E-state index is 6.78. The summed E-state index contributed by atoms with van der Waals surface area (Å²) in [5, 5.41) is 9.94. The molecule has 0 saturated heterocycles. The van der Waals surface area contributed by atoms with Gasteiger partial charge in [0, 0.05) is 24.9 Å². The van der Waals surface area contributed by atoms with Crippen molar-refractivity contribution in [2.24, 2.45) is 10.9 Å². The number of nitrogens with one attached hydrogen (secondary N) is 2. The number of allylic oxidation sites excluding steroid dienone is 2. The minimum atomic E-state index is 0.262. The van der Waals surface area contributed by atoms with Crippen LogP contribution in [0.3, 0.4) is 0 Å². The molecule has 0 unspecified atom stereocenters. The van der Waals surface area contributed by atoms with Crippen molar-refractivity contribution >= 4 is 12.6 Å². The van der Waals surface area contributed by atoms with E-state index in [9.17, 15) is 0 Å². The first-order chi connectivity index (χ1) is 7.65. The Bertz CT molecular complexity index is 308. The normalized spacial score (nSPS) is 14.1. The van der Waals surface area contributed by atoms with Crippen molar-refractivity contribution in [3.8, 4) is 12.3 Å². The number of rotatable bonds is 7. The molecule has 0 radical (unpaired) electrons. The average Bonchev–Trinajstić information content (AvgIpc) is 2.31. The third-order valence-corrected chi connectivity index (χ3v) is 2.50. The fourth-order valence-electron chi connectivity index (χ4n) is 1.41. The van der Waals surface area contributed by atoms with Gasteiger partial charge in [0.2, 0.25) is 0 Å². The third kappa shape index (κ3) is 6.02. The van der Waals surface area contributed by atoms with E-state index >= 15 is 0 Å². The third-order valence-electron chi connectivity index (χ3n) is 2.50. The van der Waals surface area contributed by atoms with Crippen LogP contribution in [0.25, 0.3) is 0 Å². The van der Waals surface area contributed by atoms with Gasteiger partial charge in [-0.1, -0.05) is 6.92 Å². The molecular weight excluding hydrogens is 198 g/mol. The number of terminal acetylenes is 1. The summed E-state index contributed by atoms with van der Waals surface area (Å²) in [7, 11) is 1.92. The highest BCUT2D eigenvalue weighted by molar-refractivity contribution is 5.70. The summed E-state index contributed by atoms with van der Waals surface area (Å²) in [4.78, 5) is 3.76. The highest BCUT2D eigenvalue weighted by Crippen LogP contribution is 2.18. The van der Waals surface area contributed by atoms with Gasteiger partial charge in [0.25, 0.3) is 0 Å². The van der Waals surface area contributed by atoms with E-state index in [4.69, 9.17) is 11.8 Å². The van der Waals surface area contributed by atoms with Gasteiger partial charge in [-0.05, 0) is 31.8 Å². The largest absolute Gasteiger partial charge is 0.392 e. The molecule has 88 valence electrons. The van der Waals surface area contributed by atoms with Gasteiger partial charge in [-0.3, -0.25) is 5.41 Å². The molecular formula is C13H21N3. The van der Waals surface area contributed by atoms with E-state index in [2.05, 4.69) is 30.1 Å². The summed E-state index contributed by atoms with van der Waals surface area (Å²) in [6, 6.07) is 0. The Morgan fingerprint density at radius 2 is 2.31 bits per heavy atom. The molecule has 0 aromatic heterocycles. The molecule has 0 aliphatic carbocycles. The van der Waals surface area contributed by atoms with Crippen LogP contribution in [0.4, 0.5) is 0 Å². The highest BCUT2D eigenvalue weighted by atomic mass is 14.8. The van der Waals surface area contributed by atoms with Crippen molar-refractivity contribution in [2.75, 3.05) is 7.05 Å². The molecule has 1 atom stereocenters. The van der Waals surface area contributed by atoms with Crippen molar-refractivity contribution in [1.29, 1.82) is 5.41 Å². The molecule has 0 rings (SSSR count). The molecule has 0 amide bonds. The SMILES string of the molecule is C#C[C@H](C)C/C(CCC=NC=N)=C(/C)NC. The molecule has 16 heavy (non-hydrogen) atoms. The second-order valence-corrected chi connectivity index (χ2v) is 3.75. The number of nitrogens with zero attached hydrogens (tertiary/aromatic N) is 1. The van der Waals surface area contributed by atoms with E-state index in [1.54, 1.807) is 6.21 Å². The minimum absolute atomic E-state index is 0.262. The zero-order valence-corrected chi connectivity index (χ0v) is 10.4. The Labute approximate surface area is 98.6 Å². The van der Waals surface area contributed by atoms with Crippen molar-refractivity contribution < 1.29 is 0 Å². The lowest BCUT2D eigenvalue weighted by Gasteiger charge is -2.13. The lowest BCUT2D eigenvalue weighted by Crippen LogP contribution is -2.08. The van der Waals surface area contributed by atoms with Gasteiger partial charge in [0.15, 0.2) is 0 Å². The van der Waals surface area contributed by atoms with Crippen LogP contribution in [0, 0.1) is 23.7 Å². The van der Waals surface area contributed by atoms with E-state index in [1.165, 1.54) is 11.3 Å². The smallest absolute Gasteiger partial charge is 0.106 e. The fraction of sp³-hybridized carbons (Fsp3) is 0.538. The Kier molecular flexibility index (Phi) is 7.87. The van der Waals surface area contributed by atoms with E-state index in [0.717, 1.165) is 25.6 Å². The van der Waals surface area contributed by atoms with Crippen molar-refractivity contribution in [3.05, 3.63) is 11.3 Å². The molecule has 0 spiro atoms. The first-order valence-corrected chi connectivity index (χ1v) is 5.48. The summed E-state index contributed by atoms with van der Waals surface area (Å²) in [5.74, 6) is 3.01. The van der Waals surface area contributed by atoms with Crippen LogP contribution in [0.2, 0.25) is 0 Å². The van der Waals surface area contributed by atoms with Crippen LogP contribution in [-0.2, 0) is 0 Å². The number of hydrogen-bond donors (Lipinski definition) is 2. The summed E-state index contributed by atoms with van der Waals surface area (Å²) in [5.41, 5.74) is 2.52. The maximum absolute atomic E-state index is 6.78. The predicted molar refractivity (Wildman–Crippen MR) is 70.9 cm³/mol. The lowest BCUT2D eigenvalue weighted by atomic mass is 9.97. The maximum Gasteiger partial charge on any atom is 0.106 e. The lowest BCUT2D eigenvalue weighted by molar-refractivity contribution is 0.698. The molecule has 0 bridgehead atoms. The van der Waals surface area contributed by atoms with Gasteiger partial charge < -0.3 is 5.32 Å². The Morgan fingerprint density at radius 3 is 2.81 bits per heavy atom. The van der Waals surface area contributed by atoms with Gasteiger partial charge in [0.05, 0.1) is 0 Å². The zero-order valence-electron chi connectivity index (χ0n) is 10.4. The molecule has 0 aromatic carbocycles. The zero-order chi connectivity index (χ0) is 12.4. The van der Waals surface area contributed by atoms with Gasteiger partial charge in [-0.2, -0.15) is 0 Å². The van der Waals surface area contributed by atoms with Crippen molar-refractivity contribution in [1.82, 2.24) is 5.32 Å². The van der Waals surface area contributed by atoms with Crippen LogP contribution in [0.1, 0.15) is 33.1 Å². The first-order valence-electron chi connectivity index (χ1n) is 5.48. The second-order valence-electron chi connectivity index (χ2n) is 3.75. The minimum Gasteiger partial charge on any atom is -0.392 e. The van der Waals surface area contributed by atoms with Crippen molar-refractivity contribution in [3.63, 3.8) is 0 Å². The van der Waals surface area contributed by atoms with Crippen molar-refractivity contribution in [2.45, 2.75) is 33.1 Å². The molecule has 0 fully saturated rings. The van der Waals surface area contributed by atoms with Gasteiger partial charge in [0.1, 0.15) is 6.34 Å². The van der Waals surface area contributed by atoms with Gasteiger partial charge in [-0.25, -0.2) is 4.99 Å². The molecule has 0 aromatic rings. The molecule has 2 N–H and O–H groups in total. The summed E-state index contributed by atoms with van der Waals surface area (Å²) >= 11 is 0. The summed E-state index contributed by atoms with van der Waals surface area (Å²) in [6.07, 6.45) is 10.9. The molecule has 0 aliphatic rings. The highest BCUT2D eigenvalue weighted by Gasteiger charge is 2.05. The molecule has 3 nitrogen and oxygen atoms in total. The van der Waals surface area contributed by atoms with Gasteiger partial charge in [-0.15, -0.1) is 12.3 Å². The van der Waals surface area contributed by atoms with Crippen LogP contribution in [0.15, 0.2) is 16.3 Å². The average molecular weight is 219 g/mol. The van der Waals surface area contributed by atoms with E-state index in [-0.39, 0.29) is 5.92 Å².